The van der Waals surface area contributed by atoms with Gasteiger partial charge in [0.05, 0.1) is 12.5 Å². The van der Waals surface area contributed by atoms with Crippen LogP contribution in [0.2, 0.25) is 0 Å². The number of nitrogens with two attached hydrogens (primary N) is 1. The van der Waals surface area contributed by atoms with Crippen molar-refractivity contribution in [3.05, 3.63) is 0 Å². The Morgan fingerprint density at radius 3 is 2.82 bits per heavy atom. The number of rotatable bonds is 3. The lowest BCUT2D eigenvalue weighted by Crippen LogP contribution is -2.50. The number of ether oxygens (including phenoxy) is 1. The highest BCUT2D eigenvalue weighted by molar-refractivity contribution is 5.83. The average Bonchev–Trinajstić information content (AvgIpc) is 2.88. The first-order valence-electron chi connectivity index (χ1n) is 5.93. The van der Waals surface area contributed by atoms with Crippen LogP contribution < -0.4 is 5.73 Å². The third-order valence-corrected chi connectivity index (χ3v) is 3.51. The Balaban J connectivity index is 1.87. The summed E-state index contributed by atoms with van der Waals surface area (Å²) in [6, 6.07) is 0. The molecule has 2 atom stereocenters. The molecule has 1 amide bonds. The van der Waals surface area contributed by atoms with Crippen molar-refractivity contribution >= 4 is 11.9 Å². The van der Waals surface area contributed by atoms with E-state index >= 15 is 0 Å². The summed E-state index contributed by atoms with van der Waals surface area (Å²) in [4.78, 5) is 24.4. The van der Waals surface area contributed by atoms with Gasteiger partial charge in [-0.3, -0.25) is 9.59 Å². The minimum Gasteiger partial charge on any atom is -0.480 e. The molecule has 2 unspecified atom stereocenters. The fourth-order valence-corrected chi connectivity index (χ4v) is 2.35. The zero-order valence-corrected chi connectivity index (χ0v) is 9.72. The molecule has 0 bridgehead atoms. The first kappa shape index (κ1) is 12.3. The Morgan fingerprint density at radius 2 is 2.29 bits per heavy atom. The van der Waals surface area contributed by atoms with Crippen LogP contribution in [0.25, 0.3) is 0 Å². The maximum Gasteiger partial charge on any atom is 0.325 e. The minimum absolute atomic E-state index is 0.0000950. The van der Waals surface area contributed by atoms with Crippen LogP contribution in [0, 0.1) is 0 Å². The number of carbonyl (C=O) groups excluding carboxylic acids is 1. The third-order valence-electron chi connectivity index (χ3n) is 3.51. The van der Waals surface area contributed by atoms with Crippen molar-refractivity contribution in [1.29, 1.82) is 0 Å². The minimum atomic E-state index is -1.27. The zero-order chi connectivity index (χ0) is 12.5. The number of hydrogen-bond acceptors (Lipinski definition) is 4. The summed E-state index contributed by atoms with van der Waals surface area (Å²) < 4.78 is 5.39. The molecule has 2 aliphatic heterocycles. The first-order chi connectivity index (χ1) is 8.01. The van der Waals surface area contributed by atoms with Crippen molar-refractivity contribution < 1.29 is 19.4 Å². The fourth-order valence-electron chi connectivity index (χ4n) is 2.35. The van der Waals surface area contributed by atoms with Crippen LogP contribution in [0.15, 0.2) is 0 Å². The Kier molecular flexibility index (Phi) is 3.35. The maximum atomic E-state index is 11.9. The molecule has 6 heteroatoms. The molecule has 0 aromatic heterocycles. The monoisotopic (exact) mass is 242 g/mol. The van der Waals surface area contributed by atoms with Crippen molar-refractivity contribution in [2.24, 2.45) is 5.73 Å². The predicted molar refractivity (Wildman–Crippen MR) is 59.3 cm³/mol. The second-order valence-electron chi connectivity index (χ2n) is 4.87. The van der Waals surface area contributed by atoms with Gasteiger partial charge in [-0.1, -0.05) is 0 Å². The van der Waals surface area contributed by atoms with Gasteiger partial charge in [0, 0.05) is 19.7 Å². The molecule has 0 aliphatic carbocycles. The van der Waals surface area contributed by atoms with Crippen molar-refractivity contribution in [2.75, 3.05) is 19.7 Å². The summed E-state index contributed by atoms with van der Waals surface area (Å²) in [7, 11) is 0. The van der Waals surface area contributed by atoms with E-state index in [9.17, 15) is 9.59 Å². The molecule has 2 aliphatic rings. The number of likely N-dealkylation sites (tertiary alicyclic amines) is 1. The van der Waals surface area contributed by atoms with Gasteiger partial charge in [-0.15, -0.1) is 0 Å². The van der Waals surface area contributed by atoms with Crippen LogP contribution in [-0.2, 0) is 14.3 Å². The Labute approximate surface area is 99.7 Å². The molecule has 6 nitrogen and oxygen atoms in total. The smallest absolute Gasteiger partial charge is 0.325 e. The quantitative estimate of drug-likeness (QED) is 0.700. The number of nitrogens with zero attached hydrogens (tertiary/aromatic N) is 1. The van der Waals surface area contributed by atoms with E-state index in [1.807, 2.05) is 0 Å². The van der Waals surface area contributed by atoms with Gasteiger partial charge in [0.1, 0.15) is 5.54 Å². The molecule has 17 heavy (non-hydrogen) atoms. The molecule has 0 aromatic rings. The normalized spacial score (nSPS) is 33.0. The van der Waals surface area contributed by atoms with Gasteiger partial charge in [-0.25, -0.2) is 0 Å². The molecule has 2 rings (SSSR count). The van der Waals surface area contributed by atoms with Crippen molar-refractivity contribution in [3.63, 3.8) is 0 Å². The van der Waals surface area contributed by atoms with Gasteiger partial charge < -0.3 is 20.5 Å². The summed E-state index contributed by atoms with van der Waals surface area (Å²) in [5.41, 5.74) is 4.44. The summed E-state index contributed by atoms with van der Waals surface area (Å²) >= 11 is 0. The average molecular weight is 242 g/mol. The van der Waals surface area contributed by atoms with Gasteiger partial charge >= 0.3 is 5.97 Å². The lowest BCUT2D eigenvalue weighted by Gasteiger charge is -2.21. The zero-order valence-electron chi connectivity index (χ0n) is 9.72. The second kappa shape index (κ2) is 4.62. The number of amides is 1. The molecule has 0 radical (unpaired) electrons. The van der Waals surface area contributed by atoms with E-state index in [4.69, 9.17) is 15.6 Å². The summed E-state index contributed by atoms with van der Waals surface area (Å²) in [6.07, 6.45) is 2.57. The maximum absolute atomic E-state index is 11.9. The van der Waals surface area contributed by atoms with Crippen LogP contribution in [0.1, 0.15) is 25.7 Å². The molecule has 0 spiro atoms. The SMILES string of the molecule is NC1(C(=O)O)CCN(C(=O)CC2CCCO2)C1. The highest BCUT2D eigenvalue weighted by Gasteiger charge is 2.43. The topological polar surface area (TPSA) is 92.9 Å². The van der Waals surface area contributed by atoms with Crippen LogP contribution in [-0.4, -0.2) is 53.2 Å². The number of hydrogen-bond donors (Lipinski definition) is 2. The highest BCUT2D eigenvalue weighted by atomic mass is 16.5. The molecule has 0 saturated carbocycles. The van der Waals surface area contributed by atoms with Gasteiger partial charge in [0.25, 0.3) is 0 Å². The Hall–Kier alpha value is -1.14. The number of aliphatic carboxylic acids is 1. The highest BCUT2D eigenvalue weighted by Crippen LogP contribution is 2.22. The van der Waals surface area contributed by atoms with Crippen LogP contribution in [0.5, 0.6) is 0 Å². The van der Waals surface area contributed by atoms with Gasteiger partial charge in [-0.2, -0.15) is 0 Å². The van der Waals surface area contributed by atoms with Crippen molar-refractivity contribution in [2.45, 2.75) is 37.3 Å². The predicted octanol–water partition coefficient (Wildman–Crippen LogP) is -0.430. The molecule has 2 heterocycles. The second-order valence-corrected chi connectivity index (χ2v) is 4.87. The standard InChI is InChI=1S/C11H18N2O4/c12-11(10(15)16)3-4-13(7-11)9(14)6-8-2-1-5-17-8/h8H,1-7,12H2,(H,15,16). The number of carboxylic acids is 1. The molecular formula is C11H18N2O4. The first-order valence-corrected chi connectivity index (χ1v) is 5.93. The van der Waals surface area contributed by atoms with Crippen molar-refractivity contribution in [1.82, 2.24) is 4.90 Å². The van der Waals surface area contributed by atoms with E-state index in [0.29, 0.717) is 26.0 Å². The lowest BCUT2D eigenvalue weighted by molar-refractivity contribution is -0.143. The van der Waals surface area contributed by atoms with Crippen LogP contribution in [0.3, 0.4) is 0 Å². The van der Waals surface area contributed by atoms with E-state index in [-0.39, 0.29) is 18.6 Å². The Morgan fingerprint density at radius 1 is 1.53 bits per heavy atom. The number of carboxylic acid groups (broad SMARTS) is 1. The molecule has 3 N–H and O–H groups in total. The van der Waals surface area contributed by atoms with Gasteiger partial charge in [0.2, 0.25) is 5.91 Å². The molecule has 96 valence electrons. The van der Waals surface area contributed by atoms with Crippen molar-refractivity contribution in [3.8, 4) is 0 Å². The largest absolute Gasteiger partial charge is 0.480 e. The van der Waals surface area contributed by atoms with Gasteiger partial charge in [-0.05, 0) is 19.3 Å². The Bertz CT molecular complexity index is 327. The molecular weight excluding hydrogens is 224 g/mol. The van der Waals surface area contributed by atoms with E-state index in [0.717, 1.165) is 12.8 Å². The summed E-state index contributed by atoms with van der Waals surface area (Å²) in [5.74, 6) is -1.09. The van der Waals surface area contributed by atoms with Crippen LogP contribution in [0.4, 0.5) is 0 Å². The van der Waals surface area contributed by atoms with E-state index in [1.54, 1.807) is 0 Å². The molecule has 0 aromatic carbocycles. The number of carbonyl (C=O) groups is 2. The van der Waals surface area contributed by atoms with Gasteiger partial charge in [0.15, 0.2) is 0 Å². The summed E-state index contributed by atoms with van der Waals surface area (Å²) in [6.45, 7) is 1.25. The van der Waals surface area contributed by atoms with E-state index < -0.39 is 11.5 Å². The van der Waals surface area contributed by atoms with E-state index in [1.165, 1.54) is 4.90 Å². The summed E-state index contributed by atoms with van der Waals surface area (Å²) in [5, 5.41) is 8.97. The lowest BCUT2D eigenvalue weighted by atomic mass is 10.0. The molecule has 2 fully saturated rings. The fraction of sp³-hybridized carbons (Fsp3) is 0.818. The van der Waals surface area contributed by atoms with E-state index in [2.05, 4.69) is 0 Å². The van der Waals surface area contributed by atoms with Crippen LogP contribution >= 0.6 is 0 Å². The third kappa shape index (κ3) is 2.58. The molecule has 2 saturated heterocycles.